The Morgan fingerprint density at radius 2 is 1.71 bits per heavy atom. The predicted molar refractivity (Wildman–Crippen MR) is 101 cm³/mol. The van der Waals surface area contributed by atoms with Crippen LogP contribution < -0.4 is 4.74 Å². The Bertz CT molecular complexity index is 678. The van der Waals surface area contributed by atoms with Crippen molar-refractivity contribution >= 4 is 11.6 Å². The lowest BCUT2D eigenvalue weighted by atomic mass is 9.96. The summed E-state index contributed by atoms with van der Waals surface area (Å²) in [7, 11) is 1.65. The third-order valence-electron chi connectivity index (χ3n) is 4.37. The monoisotopic (exact) mass is 346 g/mol. The van der Waals surface area contributed by atoms with Gasteiger partial charge in [-0.15, -0.1) is 11.6 Å². The number of rotatable bonds is 7. The van der Waals surface area contributed by atoms with Gasteiger partial charge in [-0.25, -0.2) is 4.98 Å². The largest absolute Gasteiger partial charge is 0.481 e. The average molecular weight is 347 g/mol. The first kappa shape index (κ1) is 18.7. The van der Waals surface area contributed by atoms with Crippen LogP contribution in [0.4, 0.5) is 0 Å². The van der Waals surface area contributed by atoms with Gasteiger partial charge in [-0.05, 0) is 37.3 Å². The van der Waals surface area contributed by atoms with Crippen molar-refractivity contribution in [2.45, 2.75) is 58.8 Å². The summed E-state index contributed by atoms with van der Waals surface area (Å²) in [6, 6.07) is 6.40. The molecule has 1 atom stereocenters. The molecule has 0 fully saturated rings. The van der Waals surface area contributed by atoms with E-state index in [-0.39, 0.29) is 5.38 Å². The molecule has 0 bridgehead atoms. The Labute approximate surface area is 150 Å². The first-order valence-electron chi connectivity index (χ1n) is 8.74. The molecule has 1 aromatic heterocycles. The lowest BCUT2D eigenvalue weighted by molar-refractivity contribution is 0.389. The van der Waals surface area contributed by atoms with Gasteiger partial charge in [0.1, 0.15) is 0 Å². The van der Waals surface area contributed by atoms with Gasteiger partial charge in [-0.1, -0.05) is 45.4 Å². The molecule has 4 heteroatoms. The van der Waals surface area contributed by atoms with Crippen LogP contribution in [-0.2, 0) is 12.8 Å². The maximum atomic E-state index is 6.55. The van der Waals surface area contributed by atoms with E-state index in [0.717, 1.165) is 48.3 Å². The van der Waals surface area contributed by atoms with Crippen LogP contribution in [0, 0.1) is 6.92 Å². The van der Waals surface area contributed by atoms with Crippen LogP contribution in [-0.4, -0.2) is 17.1 Å². The topological polar surface area (TPSA) is 35.0 Å². The first-order chi connectivity index (χ1) is 11.6. The molecule has 1 heterocycles. The number of aryl methyl sites for hydroxylation is 3. The Morgan fingerprint density at radius 1 is 1.08 bits per heavy atom. The molecular weight excluding hydrogens is 320 g/mol. The lowest BCUT2D eigenvalue weighted by Crippen LogP contribution is -2.07. The van der Waals surface area contributed by atoms with E-state index in [4.69, 9.17) is 26.3 Å². The highest BCUT2D eigenvalue weighted by molar-refractivity contribution is 6.21. The minimum atomic E-state index is -0.119. The summed E-state index contributed by atoms with van der Waals surface area (Å²) < 4.78 is 5.57. The van der Waals surface area contributed by atoms with Crippen LogP contribution in [0.5, 0.6) is 5.88 Å². The molecule has 0 aliphatic carbocycles. The molecule has 0 radical (unpaired) electrons. The Balaban J connectivity index is 2.64. The van der Waals surface area contributed by atoms with Crippen molar-refractivity contribution in [1.29, 1.82) is 0 Å². The summed E-state index contributed by atoms with van der Waals surface area (Å²) in [5, 5.41) is -0.119. The van der Waals surface area contributed by atoms with E-state index in [1.807, 2.05) is 6.92 Å². The zero-order chi connectivity index (χ0) is 17.7. The van der Waals surface area contributed by atoms with E-state index in [1.54, 1.807) is 7.11 Å². The van der Waals surface area contributed by atoms with Gasteiger partial charge in [-0.2, -0.15) is 4.98 Å². The van der Waals surface area contributed by atoms with Gasteiger partial charge in [0.2, 0.25) is 5.88 Å². The molecule has 0 spiro atoms. The highest BCUT2D eigenvalue weighted by Gasteiger charge is 2.21. The molecule has 1 aromatic carbocycles. The summed E-state index contributed by atoms with van der Waals surface area (Å²) in [5.41, 5.74) is 5.48. The Hall–Kier alpha value is -1.61. The SMILES string of the molecule is CCCC(Cl)c1c(C)nc(-c2c(CC)cccc2CC)nc1OC. The zero-order valence-electron chi connectivity index (χ0n) is 15.3. The van der Waals surface area contributed by atoms with Crippen molar-refractivity contribution < 1.29 is 4.74 Å². The summed E-state index contributed by atoms with van der Waals surface area (Å²) in [6.07, 6.45) is 3.79. The third kappa shape index (κ3) is 3.72. The van der Waals surface area contributed by atoms with Crippen molar-refractivity contribution in [1.82, 2.24) is 9.97 Å². The number of benzene rings is 1. The van der Waals surface area contributed by atoms with Gasteiger partial charge >= 0.3 is 0 Å². The number of alkyl halides is 1. The van der Waals surface area contributed by atoms with Crippen molar-refractivity contribution in [3.8, 4) is 17.3 Å². The number of hydrogen-bond acceptors (Lipinski definition) is 3. The maximum absolute atomic E-state index is 6.55. The Kier molecular flexibility index (Phi) is 6.61. The molecule has 24 heavy (non-hydrogen) atoms. The summed E-state index contributed by atoms with van der Waals surface area (Å²) in [6.45, 7) is 8.44. The molecule has 0 saturated heterocycles. The number of ether oxygens (including phenoxy) is 1. The number of hydrogen-bond donors (Lipinski definition) is 0. The second kappa shape index (κ2) is 8.48. The molecule has 0 amide bonds. The molecule has 2 rings (SSSR count). The second-order valence-corrected chi connectivity index (χ2v) is 6.50. The fourth-order valence-corrected chi connectivity index (χ4v) is 3.58. The molecule has 0 saturated carbocycles. The van der Waals surface area contributed by atoms with Crippen molar-refractivity contribution in [3.05, 3.63) is 40.6 Å². The van der Waals surface area contributed by atoms with Crippen LogP contribution in [0.1, 0.15) is 61.4 Å². The van der Waals surface area contributed by atoms with E-state index in [2.05, 4.69) is 39.0 Å². The second-order valence-electron chi connectivity index (χ2n) is 5.97. The van der Waals surface area contributed by atoms with Crippen molar-refractivity contribution in [3.63, 3.8) is 0 Å². The number of methoxy groups -OCH3 is 1. The molecule has 0 N–H and O–H groups in total. The molecule has 3 nitrogen and oxygen atoms in total. The lowest BCUT2D eigenvalue weighted by Gasteiger charge is -2.18. The molecule has 0 aliphatic rings. The highest BCUT2D eigenvalue weighted by atomic mass is 35.5. The first-order valence-corrected chi connectivity index (χ1v) is 9.18. The molecule has 1 unspecified atom stereocenters. The smallest absolute Gasteiger partial charge is 0.221 e. The minimum absolute atomic E-state index is 0.119. The van der Waals surface area contributed by atoms with Crippen molar-refractivity contribution in [2.75, 3.05) is 7.11 Å². The van der Waals surface area contributed by atoms with Gasteiger partial charge in [0.25, 0.3) is 0 Å². The van der Waals surface area contributed by atoms with Gasteiger partial charge < -0.3 is 4.74 Å². The quantitative estimate of drug-likeness (QED) is 0.606. The van der Waals surface area contributed by atoms with Gasteiger partial charge in [0.15, 0.2) is 5.82 Å². The average Bonchev–Trinajstić information content (AvgIpc) is 2.60. The third-order valence-corrected chi connectivity index (χ3v) is 4.81. The van der Waals surface area contributed by atoms with Crippen molar-refractivity contribution in [2.24, 2.45) is 0 Å². The predicted octanol–water partition coefficient (Wildman–Crippen LogP) is 5.67. The summed E-state index contributed by atoms with van der Waals surface area (Å²) in [5.74, 6) is 1.33. The molecular formula is C20H27ClN2O. The molecule has 0 aliphatic heterocycles. The van der Waals surface area contributed by atoms with Crippen LogP contribution >= 0.6 is 11.6 Å². The number of nitrogens with zero attached hydrogens (tertiary/aromatic N) is 2. The fraction of sp³-hybridized carbons (Fsp3) is 0.500. The van der Waals surface area contributed by atoms with Crippen LogP contribution in [0.25, 0.3) is 11.4 Å². The van der Waals surface area contributed by atoms with Crippen LogP contribution in [0.15, 0.2) is 18.2 Å². The molecule has 130 valence electrons. The standard InChI is InChI=1S/C20H27ClN2O/c1-6-10-16(21)17-13(4)22-19(23-20(17)24-5)18-14(7-2)11-9-12-15(18)8-3/h9,11-12,16H,6-8,10H2,1-5H3. The zero-order valence-corrected chi connectivity index (χ0v) is 16.1. The number of aromatic nitrogens is 2. The van der Waals surface area contributed by atoms with E-state index in [0.29, 0.717) is 5.88 Å². The van der Waals surface area contributed by atoms with Crippen LogP contribution in [0.3, 0.4) is 0 Å². The minimum Gasteiger partial charge on any atom is -0.481 e. The normalized spacial score (nSPS) is 12.2. The van der Waals surface area contributed by atoms with Gasteiger partial charge in [0.05, 0.1) is 18.1 Å². The van der Waals surface area contributed by atoms with E-state index in [1.165, 1.54) is 11.1 Å². The maximum Gasteiger partial charge on any atom is 0.221 e. The molecule has 2 aromatic rings. The van der Waals surface area contributed by atoms with E-state index in [9.17, 15) is 0 Å². The van der Waals surface area contributed by atoms with Gasteiger partial charge in [-0.3, -0.25) is 0 Å². The number of halogens is 1. The summed E-state index contributed by atoms with van der Waals surface area (Å²) >= 11 is 6.55. The highest BCUT2D eigenvalue weighted by Crippen LogP contribution is 2.36. The van der Waals surface area contributed by atoms with Crippen LogP contribution in [0.2, 0.25) is 0 Å². The summed E-state index contributed by atoms with van der Waals surface area (Å²) in [4.78, 5) is 9.52. The van der Waals surface area contributed by atoms with E-state index < -0.39 is 0 Å². The van der Waals surface area contributed by atoms with E-state index >= 15 is 0 Å². The van der Waals surface area contributed by atoms with Gasteiger partial charge in [0, 0.05) is 11.3 Å². The Morgan fingerprint density at radius 3 is 2.21 bits per heavy atom. The fourth-order valence-electron chi connectivity index (χ4n) is 3.11.